The third-order valence-corrected chi connectivity index (χ3v) is 3.50. The van der Waals surface area contributed by atoms with Crippen molar-refractivity contribution in [3.63, 3.8) is 0 Å². The second-order valence-corrected chi connectivity index (χ2v) is 5.27. The number of fused-ring (bicyclic) bond motifs is 1. The van der Waals surface area contributed by atoms with E-state index < -0.39 is 0 Å². The van der Waals surface area contributed by atoms with Crippen molar-refractivity contribution >= 4 is 11.9 Å². The molecule has 1 amide bonds. The van der Waals surface area contributed by atoms with Crippen molar-refractivity contribution in [2.24, 2.45) is 0 Å². The zero-order chi connectivity index (χ0) is 17.2. The minimum Gasteiger partial charge on any atom is -0.454 e. The van der Waals surface area contributed by atoms with E-state index in [0.29, 0.717) is 34.4 Å². The number of ether oxygens (including phenoxy) is 2. The molecule has 0 spiro atoms. The van der Waals surface area contributed by atoms with Gasteiger partial charge < -0.3 is 9.47 Å². The first kappa shape index (κ1) is 15.0. The largest absolute Gasteiger partial charge is 0.454 e. The van der Waals surface area contributed by atoms with Crippen molar-refractivity contribution in [2.45, 2.75) is 6.92 Å². The molecule has 8 heteroatoms. The average Bonchev–Trinajstić information content (AvgIpc) is 3.09. The summed E-state index contributed by atoms with van der Waals surface area (Å²) in [5.41, 5.74) is 1.02. The molecule has 0 saturated carbocycles. The maximum Gasteiger partial charge on any atom is 0.258 e. The number of benzene rings is 1. The molecule has 1 aliphatic rings. The third kappa shape index (κ3) is 3.09. The predicted molar refractivity (Wildman–Crippen MR) is 88.3 cm³/mol. The maximum atomic E-state index is 12.4. The maximum absolute atomic E-state index is 12.4. The van der Waals surface area contributed by atoms with Crippen LogP contribution in [0.4, 0.5) is 5.95 Å². The van der Waals surface area contributed by atoms with Gasteiger partial charge in [0.15, 0.2) is 17.3 Å². The van der Waals surface area contributed by atoms with Crippen LogP contribution in [0.25, 0.3) is 11.5 Å². The predicted octanol–water partition coefficient (Wildman–Crippen LogP) is 2.22. The Morgan fingerprint density at radius 3 is 2.80 bits per heavy atom. The Bertz CT molecular complexity index is 946. The molecule has 1 aromatic carbocycles. The summed E-state index contributed by atoms with van der Waals surface area (Å²) < 4.78 is 10.5. The summed E-state index contributed by atoms with van der Waals surface area (Å²) in [6.07, 6.45) is 1.65. The first-order valence-corrected chi connectivity index (χ1v) is 7.54. The smallest absolute Gasteiger partial charge is 0.258 e. The minimum atomic E-state index is -0.351. The molecule has 0 fully saturated rings. The first-order chi connectivity index (χ1) is 12.2. The number of pyridine rings is 1. The van der Waals surface area contributed by atoms with E-state index in [1.165, 1.54) is 0 Å². The Hall–Kier alpha value is -3.55. The standard InChI is InChI=1S/C17H13N5O3/c1-10-19-15(12-4-2-3-7-18-12)21-17(20-10)22-16(23)11-5-6-13-14(8-11)25-9-24-13/h2-8H,9H2,1H3,(H,19,20,21,22,23). The van der Waals surface area contributed by atoms with E-state index in [9.17, 15) is 4.79 Å². The number of aryl methyl sites for hydroxylation is 1. The highest BCUT2D eigenvalue weighted by molar-refractivity contribution is 6.03. The summed E-state index contributed by atoms with van der Waals surface area (Å²) in [6, 6.07) is 10.4. The quantitative estimate of drug-likeness (QED) is 0.783. The van der Waals surface area contributed by atoms with Crippen molar-refractivity contribution in [2.75, 3.05) is 12.1 Å². The van der Waals surface area contributed by atoms with Gasteiger partial charge in [-0.2, -0.15) is 9.97 Å². The molecule has 0 unspecified atom stereocenters. The summed E-state index contributed by atoms with van der Waals surface area (Å²) in [4.78, 5) is 29.3. The normalized spacial score (nSPS) is 12.0. The van der Waals surface area contributed by atoms with Crippen LogP contribution in [0.2, 0.25) is 0 Å². The van der Waals surface area contributed by atoms with Crippen LogP contribution in [0.3, 0.4) is 0 Å². The van der Waals surface area contributed by atoms with Crippen LogP contribution in [-0.2, 0) is 0 Å². The van der Waals surface area contributed by atoms with Gasteiger partial charge in [0.1, 0.15) is 11.5 Å². The molecule has 0 saturated heterocycles. The van der Waals surface area contributed by atoms with Crippen LogP contribution >= 0.6 is 0 Å². The number of rotatable bonds is 3. The van der Waals surface area contributed by atoms with Gasteiger partial charge in [-0.1, -0.05) is 6.07 Å². The van der Waals surface area contributed by atoms with Crippen molar-refractivity contribution < 1.29 is 14.3 Å². The van der Waals surface area contributed by atoms with Gasteiger partial charge >= 0.3 is 0 Å². The second kappa shape index (κ2) is 6.16. The number of carbonyl (C=O) groups is 1. The minimum absolute atomic E-state index is 0.153. The number of anilines is 1. The van der Waals surface area contributed by atoms with Gasteiger partial charge in [0.25, 0.3) is 5.91 Å². The Morgan fingerprint density at radius 2 is 1.96 bits per heavy atom. The van der Waals surface area contributed by atoms with E-state index in [4.69, 9.17) is 9.47 Å². The van der Waals surface area contributed by atoms with Gasteiger partial charge in [-0.3, -0.25) is 15.1 Å². The summed E-state index contributed by atoms with van der Waals surface area (Å²) in [7, 11) is 0. The Labute approximate surface area is 142 Å². The van der Waals surface area contributed by atoms with Crippen LogP contribution in [-0.4, -0.2) is 32.6 Å². The topological polar surface area (TPSA) is 99.1 Å². The molecule has 1 N–H and O–H groups in total. The molecule has 3 heterocycles. The SMILES string of the molecule is Cc1nc(NC(=O)c2ccc3c(c2)OCO3)nc(-c2ccccn2)n1. The number of hydrogen-bond donors (Lipinski definition) is 1. The zero-order valence-electron chi connectivity index (χ0n) is 13.3. The number of nitrogens with zero attached hydrogens (tertiary/aromatic N) is 4. The summed E-state index contributed by atoms with van der Waals surface area (Å²) in [5, 5.41) is 2.68. The number of carbonyl (C=O) groups excluding carboxylic acids is 1. The summed E-state index contributed by atoms with van der Waals surface area (Å²) in [5.74, 6) is 1.84. The van der Waals surface area contributed by atoms with Gasteiger partial charge in [-0.05, 0) is 37.3 Å². The molecule has 0 atom stereocenters. The molecule has 8 nitrogen and oxygen atoms in total. The van der Waals surface area contributed by atoms with Crippen molar-refractivity contribution in [1.82, 2.24) is 19.9 Å². The number of aromatic nitrogens is 4. The van der Waals surface area contributed by atoms with E-state index in [1.54, 1.807) is 43.5 Å². The Morgan fingerprint density at radius 1 is 1.08 bits per heavy atom. The van der Waals surface area contributed by atoms with Crippen LogP contribution in [0.15, 0.2) is 42.6 Å². The summed E-state index contributed by atoms with van der Waals surface area (Å²) in [6.45, 7) is 1.88. The van der Waals surface area contributed by atoms with E-state index >= 15 is 0 Å². The van der Waals surface area contributed by atoms with Crippen molar-refractivity contribution in [3.8, 4) is 23.0 Å². The van der Waals surface area contributed by atoms with Gasteiger partial charge in [0.05, 0.1) is 0 Å². The van der Waals surface area contributed by atoms with Gasteiger partial charge in [0.2, 0.25) is 12.7 Å². The lowest BCUT2D eigenvalue weighted by atomic mass is 10.2. The van der Waals surface area contributed by atoms with Gasteiger partial charge in [0, 0.05) is 11.8 Å². The Balaban J connectivity index is 1.60. The highest BCUT2D eigenvalue weighted by Gasteiger charge is 2.17. The van der Waals surface area contributed by atoms with Crippen LogP contribution < -0.4 is 14.8 Å². The molecule has 0 aliphatic carbocycles. The summed E-state index contributed by atoms with van der Waals surface area (Å²) >= 11 is 0. The molecular weight excluding hydrogens is 322 g/mol. The molecule has 0 radical (unpaired) electrons. The molecule has 2 aromatic heterocycles. The fraction of sp³-hybridized carbons (Fsp3) is 0.118. The fourth-order valence-corrected chi connectivity index (χ4v) is 2.36. The van der Waals surface area contributed by atoms with E-state index in [-0.39, 0.29) is 18.6 Å². The molecular formula is C17H13N5O3. The lowest BCUT2D eigenvalue weighted by Crippen LogP contribution is -2.15. The molecule has 0 bridgehead atoms. The number of amides is 1. The third-order valence-electron chi connectivity index (χ3n) is 3.50. The number of nitrogens with one attached hydrogen (secondary N) is 1. The van der Waals surface area contributed by atoms with Crippen LogP contribution in [0, 0.1) is 6.92 Å². The van der Waals surface area contributed by atoms with Crippen molar-refractivity contribution in [1.29, 1.82) is 0 Å². The highest BCUT2D eigenvalue weighted by atomic mass is 16.7. The lowest BCUT2D eigenvalue weighted by molar-refractivity contribution is 0.102. The number of hydrogen-bond acceptors (Lipinski definition) is 7. The molecule has 124 valence electrons. The Kier molecular flexibility index (Phi) is 3.70. The fourth-order valence-electron chi connectivity index (χ4n) is 2.36. The molecule has 4 rings (SSSR count). The first-order valence-electron chi connectivity index (χ1n) is 7.54. The molecule has 3 aromatic rings. The average molecular weight is 335 g/mol. The second-order valence-electron chi connectivity index (χ2n) is 5.27. The van der Waals surface area contributed by atoms with E-state index in [0.717, 1.165) is 0 Å². The highest BCUT2D eigenvalue weighted by Crippen LogP contribution is 2.32. The van der Waals surface area contributed by atoms with E-state index in [1.807, 2.05) is 6.07 Å². The monoisotopic (exact) mass is 335 g/mol. The molecule has 25 heavy (non-hydrogen) atoms. The van der Waals surface area contributed by atoms with Gasteiger partial charge in [-0.15, -0.1) is 0 Å². The van der Waals surface area contributed by atoms with Crippen molar-refractivity contribution in [3.05, 3.63) is 54.0 Å². The lowest BCUT2D eigenvalue weighted by Gasteiger charge is -2.07. The van der Waals surface area contributed by atoms with Gasteiger partial charge in [-0.25, -0.2) is 4.98 Å². The van der Waals surface area contributed by atoms with Crippen LogP contribution in [0.1, 0.15) is 16.2 Å². The van der Waals surface area contributed by atoms with E-state index in [2.05, 4.69) is 25.3 Å². The van der Waals surface area contributed by atoms with Crippen LogP contribution in [0.5, 0.6) is 11.5 Å². The zero-order valence-corrected chi connectivity index (χ0v) is 13.3. The molecule has 1 aliphatic heterocycles.